The lowest BCUT2D eigenvalue weighted by atomic mass is 9.83. The van der Waals surface area contributed by atoms with Crippen molar-refractivity contribution in [2.45, 2.75) is 26.2 Å². The van der Waals surface area contributed by atoms with E-state index in [0.29, 0.717) is 23.3 Å². The van der Waals surface area contributed by atoms with Gasteiger partial charge in [-0.2, -0.15) is 0 Å². The molecule has 4 rings (SSSR count). The number of benzene rings is 2. The van der Waals surface area contributed by atoms with Crippen LogP contribution >= 0.6 is 15.9 Å². The van der Waals surface area contributed by atoms with Gasteiger partial charge in [0.25, 0.3) is 0 Å². The summed E-state index contributed by atoms with van der Waals surface area (Å²) in [4.78, 5) is 39.7. The second kappa shape index (κ2) is 6.27. The van der Waals surface area contributed by atoms with Crippen molar-refractivity contribution in [2.75, 3.05) is 7.11 Å². The van der Waals surface area contributed by atoms with Crippen molar-refractivity contribution >= 4 is 33.7 Å². The van der Waals surface area contributed by atoms with Crippen molar-refractivity contribution in [3.63, 3.8) is 0 Å². The number of fused-ring (bicyclic) bond motifs is 3. The van der Waals surface area contributed by atoms with E-state index in [0.717, 1.165) is 10.0 Å². The molecule has 5 nitrogen and oxygen atoms in total. The normalized spacial score (nSPS) is 27.3. The molecule has 1 saturated carbocycles. The van der Waals surface area contributed by atoms with Gasteiger partial charge in [0.1, 0.15) is 5.75 Å². The van der Waals surface area contributed by atoms with Gasteiger partial charge in [0.2, 0.25) is 0 Å². The van der Waals surface area contributed by atoms with Crippen LogP contribution in [0.3, 0.4) is 0 Å². The Morgan fingerprint density at radius 3 is 2.46 bits per heavy atom. The van der Waals surface area contributed by atoms with Crippen molar-refractivity contribution in [1.29, 1.82) is 0 Å². The zero-order chi connectivity index (χ0) is 20.3. The molecule has 1 aliphatic heterocycles. The van der Waals surface area contributed by atoms with Crippen LogP contribution in [0.1, 0.15) is 40.7 Å². The summed E-state index contributed by atoms with van der Waals surface area (Å²) >= 11 is 3.43. The summed E-state index contributed by atoms with van der Waals surface area (Å²) in [6.07, 6.45) is 0.306. The first-order chi connectivity index (χ1) is 13.3. The quantitative estimate of drug-likeness (QED) is 0.307. The Hall–Kier alpha value is -2.47. The van der Waals surface area contributed by atoms with E-state index in [1.165, 1.54) is 7.11 Å². The monoisotopic (exact) mass is 442 g/mol. The molecular weight excluding hydrogens is 424 g/mol. The highest BCUT2D eigenvalue weighted by atomic mass is 79.9. The van der Waals surface area contributed by atoms with E-state index in [-0.39, 0.29) is 5.78 Å². The molecule has 0 amide bonds. The maximum absolute atomic E-state index is 13.7. The number of methoxy groups -OCH3 is 1. The molecule has 0 aromatic heterocycles. The molecule has 0 spiro atoms. The minimum Gasteiger partial charge on any atom is -0.468 e. The fourth-order valence-electron chi connectivity index (χ4n) is 4.81. The first-order valence-corrected chi connectivity index (χ1v) is 9.85. The van der Waals surface area contributed by atoms with E-state index < -0.39 is 28.7 Å². The molecule has 1 fully saturated rings. The molecule has 0 saturated heterocycles. The Labute approximate surface area is 171 Å². The van der Waals surface area contributed by atoms with Gasteiger partial charge in [-0.05, 0) is 31.5 Å². The molecule has 2 aliphatic rings. The van der Waals surface area contributed by atoms with E-state index in [1.54, 1.807) is 24.3 Å². The number of ether oxygens (including phenoxy) is 2. The van der Waals surface area contributed by atoms with E-state index in [4.69, 9.17) is 9.47 Å². The zero-order valence-electron chi connectivity index (χ0n) is 15.7. The smallest absolute Gasteiger partial charge is 0.330 e. The lowest BCUT2D eigenvalue weighted by molar-refractivity contribution is -0.160. The number of ketones is 1. The van der Waals surface area contributed by atoms with Crippen LogP contribution < -0.4 is 4.74 Å². The lowest BCUT2D eigenvalue weighted by Crippen LogP contribution is -2.40. The van der Waals surface area contributed by atoms with Crippen molar-refractivity contribution in [1.82, 2.24) is 0 Å². The van der Waals surface area contributed by atoms with Crippen LogP contribution in [0.5, 0.6) is 5.75 Å². The van der Waals surface area contributed by atoms with Crippen LogP contribution in [0.4, 0.5) is 0 Å². The molecule has 3 atom stereocenters. The summed E-state index contributed by atoms with van der Waals surface area (Å²) in [6, 6.07) is 12.4. The number of hydrogen-bond donors (Lipinski definition) is 0. The predicted octanol–water partition coefficient (Wildman–Crippen LogP) is 4.21. The number of rotatable bonds is 4. The first-order valence-electron chi connectivity index (χ1n) is 9.06. The number of carbonyl (C=O) groups excluding carboxylic acids is 3. The third kappa shape index (κ3) is 2.15. The average Bonchev–Trinajstić information content (AvgIpc) is 3.35. The fraction of sp³-hybridized carbons (Fsp3) is 0.318. The molecule has 1 aliphatic carbocycles. The maximum atomic E-state index is 13.7. The number of hydrogen-bond acceptors (Lipinski definition) is 5. The summed E-state index contributed by atoms with van der Waals surface area (Å²) in [5.74, 6) is -1.93. The molecule has 6 heteroatoms. The summed E-state index contributed by atoms with van der Waals surface area (Å²) in [5, 5.41) is 0. The maximum Gasteiger partial charge on any atom is 0.330 e. The molecular formula is C22H19BrO5. The summed E-state index contributed by atoms with van der Waals surface area (Å²) in [7, 11) is 1.23. The number of halogens is 1. The third-order valence-electron chi connectivity index (χ3n) is 6.14. The van der Waals surface area contributed by atoms with Gasteiger partial charge in [0, 0.05) is 21.5 Å². The number of esters is 2. The van der Waals surface area contributed by atoms with Gasteiger partial charge in [-0.25, -0.2) is 0 Å². The van der Waals surface area contributed by atoms with Crippen molar-refractivity contribution in [3.8, 4) is 5.75 Å². The summed E-state index contributed by atoms with van der Waals surface area (Å²) < 4.78 is 11.3. The van der Waals surface area contributed by atoms with Crippen LogP contribution in [0.15, 0.2) is 46.9 Å². The molecule has 0 radical (unpaired) electrons. The second-order valence-electron chi connectivity index (χ2n) is 7.32. The van der Waals surface area contributed by atoms with Crippen molar-refractivity contribution in [3.05, 3.63) is 63.6 Å². The van der Waals surface area contributed by atoms with Crippen LogP contribution in [0, 0.1) is 17.8 Å². The topological polar surface area (TPSA) is 69.7 Å². The van der Waals surface area contributed by atoms with Crippen LogP contribution in [0.25, 0.3) is 0 Å². The summed E-state index contributed by atoms with van der Waals surface area (Å²) in [5.41, 5.74) is -0.743. The minimum atomic E-state index is -1.66. The van der Waals surface area contributed by atoms with Gasteiger partial charge in [-0.3, -0.25) is 14.4 Å². The van der Waals surface area contributed by atoms with Gasteiger partial charge < -0.3 is 9.47 Å². The fourth-order valence-corrected chi connectivity index (χ4v) is 5.19. The third-order valence-corrected chi connectivity index (χ3v) is 6.63. The molecule has 0 bridgehead atoms. The zero-order valence-corrected chi connectivity index (χ0v) is 17.3. The Kier molecular flexibility index (Phi) is 4.23. The molecule has 28 heavy (non-hydrogen) atoms. The van der Waals surface area contributed by atoms with E-state index in [1.807, 2.05) is 32.0 Å². The molecule has 0 unspecified atom stereocenters. The Bertz CT molecular complexity index is 1010. The number of Topliss-reactive ketones (excluding diaryl/α,β-unsaturated/α-hetero) is 1. The van der Waals surface area contributed by atoms with Gasteiger partial charge in [-0.15, -0.1) is 0 Å². The predicted molar refractivity (Wildman–Crippen MR) is 105 cm³/mol. The second-order valence-corrected chi connectivity index (χ2v) is 8.24. The standard InChI is InChI=1S/C22H19BrO5/c1-4-21(18(24)13-7-5-12(2)6-8-13)17-15-11-14(23)9-10-16(15)28-20(26)22(17,21)19(25)27-3/h5-11,17H,4H2,1-3H3/t17-,21-,22+/m1/s1. The highest BCUT2D eigenvalue weighted by Gasteiger charge is 2.90. The van der Waals surface area contributed by atoms with Gasteiger partial charge >= 0.3 is 11.9 Å². The van der Waals surface area contributed by atoms with E-state index >= 15 is 0 Å². The number of aryl methyl sites for hydroxylation is 1. The van der Waals surface area contributed by atoms with E-state index in [2.05, 4.69) is 15.9 Å². The first kappa shape index (κ1) is 18.9. The molecule has 2 aromatic rings. The molecule has 2 aromatic carbocycles. The SMILES string of the molecule is CC[C@]1(C(=O)c2ccc(C)cc2)[C@H]2c3cc(Br)ccc3OC(=O)[C@@]21C(=O)OC. The largest absolute Gasteiger partial charge is 0.468 e. The van der Waals surface area contributed by atoms with Crippen molar-refractivity contribution < 1.29 is 23.9 Å². The Morgan fingerprint density at radius 2 is 1.86 bits per heavy atom. The highest BCUT2D eigenvalue weighted by molar-refractivity contribution is 9.10. The molecule has 0 N–H and O–H groups in total. The minimum absolute atomic E-state index is 0.241. The molecule has 144 valence electrons. The number of carbonyl (C=O) groups is 3. The summed E-state index contributed by atoms with van der Waals surface area (Å²) in [6.45, 7) is 3.75. The Morgan fingerprint density at radius 1 is 1.18 bits per heavy atom. The van der Waals surface area contributed by atoms with E-state index in [9.17, 15) is 14.4 Å². The lowest BCUT2D eigenvalue weighted by Gasteiger charge is -2.22. The Balaban J connectivity index is 1.95. The van der Waals surface area contributed by atoms with Crippen molar-refractivity contribution in [2.24, 2.45) is 10.8 Å². The van der Waals surface area contributed by atoms with Gasteiger partial charge in [0.15, 0.2) is 11.2 Å². The average molecular weight is 443 g/mol. The highest BCUT2D eigenvalue weighted by Crippen LogP contribution is 2.80. The van der Waals surface area contributed by atoms with Crippen LogP contribution in [-0.2, 0) is 14.3 Å². The molecule has 1 heterocycles. The van der Waals surface area contributed by atoms with Gasteiger partial charge in [-0.1, -0.05) is 52.7 Å². The van der Waals surface area contributed by atoms with Gasteiger partial charge in [0.05, 0.1) is 12.5 Å². The van der Waals surface area contributed by atoms with Crippen LogP contribution in [0.2, 0.25) is 0 Å². The van der Waals surface area contributed by atoms with Crippen LogP contribution in [-0.4, -0.2) is 24.8 Å².